The number of imide groups is 1. The summed E-state index contributed by atoms with van der Waals surface area (Å²) >= 11 is 0. The zero-order valence-electron chi connectivity index (χ0n) is 18.0. The van der Waals surface area contributed by atoms with Crippen molar-refractivity contribution in [3.63, 3.8) is 0 Å². The zero-order valence-corrected chi connectivity index (χ0v) is 18.0. The van der Waals surface area contributed by atoms with Crippen LogP contribution in [-0.4, -0.2) is 37.5 Å². The van der Waals surface area contributed by atoms with Crippen molar-refractivity contribution in [2.24, 2.45) is 0 Å². The second kappa shape index (κ2) is 9.39. The predicted molar refractivity (Wildman–Crippen MR) is 123 cm³/mol. The first-order valence-electron chi connectivity index (χ1n) is 10.3. The molecule has 32 heavy (non-hydrogen) atoms. The number of amides is 2. The molecule has 0 saturated carbocycles. The van der Waals surface area contributed by atoms with E-state index in [4.69, 9.17) is 9.47 Å². The highest BCUT2D eigenvalue weighted by atomic mass is 16.5. The maximum Gasteiger partial charge on any atom is 0.278 e. The molecule has 0 unspecified atom stereocenters. The third-order valence-electron chi connectivity index (χ3n) is 5.37. The maximum absolute atomic E-state index is 13.3. The van der Waals surface area contributed by atoms with Gasteiger partial charge in [-0.2, -0.15) is 0 Å². The first-order chi connectivity index (χ1) is 15.6. The van der Waals surface area contributed by atoms with Crippen LogP contribution < -0.4 is 14.8 Å². The number of rotatable bonds is 8. The van der Waals surface area contributed by atoms with E-state index < -0.39 is 0 Å². The SMILES string of the molecule is COc1ccc(CCN2C(=O)C(Nc3ccc(OC)cc3)=C(c3ccccc3)C2=O)cc1. The minimum absolute atomic E-state index is 0.279. The van der Waals surface area contributed by atoms with Crippen molar-refractivity contribution in [2.45, 2.75) is 6.42 Å². The van der Waals surface area contributed by atoms with Gasteiger partial charge < -0.3 is 14.8 Å². The normalized spacial score (nSPS) is 13.5. The fourth-order valence-electron chi connectivity index (χ4n) is 3.62. The van der Waals surface area contributed by atoms with Crippen LogP contribution in [0.5, 0.6) is 11.5 Å². The minimum Gasteiger partial charge on any atom is -0.497 e. The molecule has 3 aromatic rings. The molecule has 1 aliphatic heterocycles. The quantitative estimate of drug-likeness (QED) is 0.546. The Morgan fingerprint density at radius 3 is 1.94 bits per heavy atom. The lowest BCUT2D eigenvalue weighted by molar-refractivity contribution is -0.136. The molecule has 0 atom stereocenters. The van der Waals surface area contributed by atoms with Crippen molar-refractivity contribution in [2.75, 3.05) is 26.1 Å². The number of hydrogen-bond acceptors (Lipinski definition) is 5. The Morgan fingerprint density at radius 2 is 1.34 bits per heavy atom. The van der Waals surface area contributed by atoms with Crippen LogP contribution in [0.15, 0.2) is 84.6 Å². The maximum atomic E-state index is 13.3. The monoisotopic (exact) mass is 428 g/mol. The van der Waals surface area contributed by atoms with Crippen LogP contribution in [0.4, 0.5) is 5.69 Å². The van der Waals surface area contributed by atoms with Crippen LogP contribution in [0.1, 0.15) is 11.1 Å². The number of benzene rings is 3. The Bertz CT molecular complexity index is 1140. The van der Waals surface area contributed by atoms with Crippen molar-refractivity contribution in [1.82, 2.24) is 4.90 Å². The summed E-state index contributed by atoms with van der Waals surface area (Å²) in [6.07, 6.45) is 0.555. The lowest BCUT2D eigenvalue weighted by Gasteiger charge is -2.15. The van der Waals surface area contributed by atoms with E-state index in [0.29, 0.717) is 29.0 Å². The van der Waals surface area contributed by atoms with Gasteiger partial charge in [0.15, 0.2) is 0 Å². The number of methoxy groups -OCH3 is 2. The molecule has 1 aliphatic rings. The van der Waals surface area contributed by atoms with Crippen molar-refractivity contribution in [1.29, 1.82) is 0 Å². The van der Waals surface area contributed by atoms with Gasteiger partial charge in [-0.1, -0.05) is 42.5 Å². The Kier molecular flexibility index (Phi) is 6.22. The van der Waals surface area contributed by atoms with Gasteiger partial charge in [0.1, 0.15) is 17.2 Å². The van der Waals surface area contributed by atoms with Gasteiger partial charge in [0.2, 0.25) is 0 Å². The number of anilines is 1. The highest BCUT2D eigenvalue weighted by Gasteiger charge is 2.38. The summed E-state index contributed by atoms with van der Waals surface area (Å²) in [6.45, 7) is 0.286. The molecule has 0 aliphatic carbocycles. The van der Waals surface area contributed by atoms with E-state index >= 15 is 0 Å². The molecule has 0 fully saturated rings. The Hall–Kier alpha value is -4.06. The van der Waals surface area contributed by atoms with E-state index in [1.54, 1.807) is 26.4 Å². The summed E-state index contributed by atoms with van der Waals surface area (Å²) in [5.74, 6) is 0.841. The molecular weight excluding hydrogens is 404 g/mol. The molecule has 0 bridgehead atoms. The minimum atomic E-state index is -0.335. The lowest BCUT2D eigenvalue weighted by atomic mass is 10.0. The number of nitrogens with one attached hydrogen (secondary N) is 1. The van der Waals surface area contributed by atoms with E-state index in [1.165, 1.54) is 4.90 Å². The van der Waals surface area contributed by atoms with Gasteiger partial charge in [-0.05, 0) is 53.9 Å². The molecule has 2 amide bonds. The third kappa shape index (κ3) is 4.34. The van der Waals surface area contributed by atoms with E-state index in [9.17, 15) is 9.59 Å². The number of nitrogens with zero attached hydrogens (tertiary/aromatic N) is 1. The van der Waals surface area contributed by atoms with Crippen LogP contribution in [0, 0.1) is 0 Å². The first-order valence-corrected chi connectivity index (χ1v) is 10.3. The first kappa shape index (κ1) is 21.2. The van der Waals surface area contributed by atoms with Gasteiger partial charge in [-0.3, -0.25) is 14.5 Å². The number of carbonyl (C=O) groups excluding carboxylic acids is 2. The molecular formula is C26H24N2O4. The van der Waals surface area contributed by atoms with Crippen LogP contribution in [0.2, 0.25) is 0 Å². The Balaban J connectivity index is 1.60. The van der Waals surface area contributed by atoms with Crippen LogP contribution in [-0.2, 0) is 16.0 Å². The van der Waals surface area contributed by atoms with Crippen LogP contribution in [0.25, 0.3) is 5.57 Å². The van der Waals surface area contributed by atoms with E-state index in [1.807, 2.05) is 66.7 Å². The summed E-state index contributed by atoms with van der Waals surface area (Å²) < 4.78 is 10.4. The summed E-state index contributed by atoms with van der Waals surface area (Å²) in [6, 6.07) is 24.1. The van der Waals surface area contributed by atoms with Crippen molar-refractivity contribution in [3.8, 4) is 11.5 Å². The molecule has 6 nitrogen and oxygen atoms in total. The molecule has 4 rings (SSSR count). The highest BCUT2D eigenvalue weighted by Crippen LogP contribution is 2.31. The molecule has 1 heterocycles. The summed E-state index contributed by atoms with van der Waals surface area (Å²) in [4.78, 5) is 27.9. The Labute approximate surface area is 187 Å². The molecule has 0 radical (unpaired) electrons. The van der Waals surface area contributed by atoms with E-state index in [2.05, 4.69) is 5.32 Å². The van der Waals surface area contributed by atoms with Crippen molar-refractivity contribution >= 4 is 23.1 Å². The molecule has 0 aromatic heterocycles. The number of ether oxygens (including phenoxy) is 2. The smallest absolute Gasteiger partial charge is 0.278 e. The standard InChI is InChI=1S/C26H24N2O4/c1-31-21-12-8-18(9-13-21)16-17-28-25(29)23(19-6-4-3-5-7-19)24(26(28)30)27-20-10-14-22(32-2)15-11-20/h3-15,27H,16-17H2,1-2H3. The molecule has 6 heteroatoms. The largest absolute Gasteiger partial charge is 0.497 e. The fraction of sp³-hybridized carbons (Fsp3) is 0.154. The lowest BCUT2D eigenvalue weighted by Crippen LogP contribution is -2.34. The molecule has 0 saturated heterocycles. The average molecular weight is 428 g/mol. The number of hydrogen-bond donors (Lipinski definition) is 1. The van der Waals surface area contributed by atoms with Crippen molar-refractivity contribution in [3.05, 3.63) is 95.7 Å². The zero-order chi connectivity index (χ0) is 22.5. The van der Waals surface area contributed by atoms with Crippen LogP contribution >= 0.6 is 0 Å². The van der Waals surface area contributed by atoms with Gasteiger partial charge in [0, 0.05) is 12.2 Å². The van der Waals surface area contributed by atoms with E-state index in [-0.39, 0.29) is 24.1 Å². The number of carbonyl (C=O) groups is 2. The van der Waals surface area contributed by atoms with Crippen LogP contribution in [0.3, 0.4) is 0 Å². The third-order valence-corrected chi connectivity index (χ3v) is 5.37. The van der Waals surface area contributed by atoms with Gasteiger partial charge >= 0.3 is 0 Å². The average Bonchev–Trinajstić information content (AvgIpc) is 3.07. The van der Waals surface area contributed by atoms with Gasteiger partial charge in [-0.25, -0.2) is 0 Å². The topological polar surface area (TPSA) is 67.9 Å². The second-order valence-corrected chi connectivity index (χ2v) is 7.33. The van der Waals surface area contributed by atoms with Gasteiger partial charge in [-0.15, -0.1) is 0 Å². The Morgan fingerprint density at radius 1 is 0.750 bits per heavy atom. The van der Waals surface area contributed by atoms with E-state index in [0.717, 1.165) is 11.3 Å². The molecule has 0 spiro atoms. The molecule has 3 aromatic carbocycles. The summed E-state index contributed by atoms with van der Waals surface area (Å²) in [5, 5.41) is 3.16. The van der Waals surface area contributed by atoms with Crippen molar-refractivity contribution < 1.29 is 19.1 Å². The molecule has 162 valence electrons. The summed E-state index contributed by atoms with van der Waals surface area (Å²) in [7, 11) is 3.21. The second-order valence-electron chi connectivity index (χ2n) is 7.33. The highest BCUT2D eigenvalue weighted by molar-refractivity contribution is 6.36. The summed E-state index contributed by atoms with van der Waals surface area (Å²) in [5.41, 5.74) is 3.08. The fourth-order valence-corrected chi connectivity index (χ4v) is 3.62. The van der Waals surface area contributed by atoms with Gasteiger partial charge in [0.25, 0.3) is 11.8 Å². The predicted octanol–water partition coefficient (Wildman–Crippen LogP) is 4.14. The molecule has 1 N–H and O–H groups in total. The van der Waals surface area contributed by atoms with Gasteiger partial charge in [0.05, 0.1) is 19.8 Å².